The molecule has 1 atom stereocenters. The molecule has 0 bridgehead atoms. The minimum Gasteiger partial charge on any atom is -0.504 e. The van der Waals surface area contributed by atoms with Crippen molar-refractivity contribution in [2.24, 2.45) is 0 Å². The van der Waals surface area contributed by atoms with Gasteiger partial charge < -0.3 is 20.4 Å². The first kappa shape index (κ1) is 11.4. The number of rotatable bonds is 1. The molecule has 0 saturated heterocycles. The summed E-state index contributed by atoms with van der Waals surface area (Å²) in [5.41, 5.74) is -0.919. The van der Waals surface area contributed by atoms with Crippen LogP contribution in [0.15, 0.2) is 12.1 Å². The van der Waals surface area contributed by atoms with Gasteiger partial charge in [-0.15, -0.1) is 0 Å². The zero-order valence-corrected chi connectivity index (χ0v) is 7.15. The third kappa shape index (κ3) is 2.07. The second-order valence-corrected chi connectivity index (χ2v) is 2.82. The molecule has 0 heterocycles. The van der Waals surface area contributed by atoms with Gasteiger partial charge in [0.2, 0.25) is 5.75 Å². The highest BCUT2D eigenvalue weighted by molar-refractivity contribution is 5.53. The summed E-state index contributed by atoms with van der Waals surface area (Å²) < 4.78 is 36.1. The van der Waals surface area contributed by atoms with E-state index in [0.717, 1.165) is 6.07 Å². The third-order valence-electron chi connectivity index (χ3n) is 1.77. The molecule has 0 spiro atoms. The van der Waals surface area contributed by atoms with Crippen molar-refractivity contribution < 1.29 is 33.6 Å². The number of aliphatic hydroxyl groups excluding tert-OH is 1. The minimum atomic E-state index is -4.96. The van der Waals surface area contributed by atoms with Crippen molar-refractivity contribution in [3.8, 4) is 17.2 Å². The standard InChI is InChI=1S/C8H7F3O4/c9-8(10,11)7(15)3-1-2-4(12)6(14)5(3)13/h1-2,7,12-15H/t7-/m1/s1. The number of phenols is 3. The molecule has 0 radical (unpaired) electrons. The van der Waals surface area contributed by atoms with E-state index in [0.29, 0.717) is 6.07 Å². The molecule has 0 unspecified atom stereocenters. The monoisotopic (exact) mass is 224 g/mol. The lowest BCUT2D eigenvalue weighted by molar-refractivity contribution is -0.207. The Labute approximate surface area is 81.8 Å². The van der Waals surface area contributed by atoms with Crippen LogP contribution in [0.3, 0.4) is 0 Å². The van der Waals surface area contributed by atoms with Gasteiger partial charge in [0.15, 0.2) is 17.6 Å². The molecule has 15 heavy (non-hydrogen) atoms. The smallest absolute Gasteiger partial charge is 0.418 e. The predicted octanol–water partition coefficient (Wildman–Crippen LogP) is 1.40. The minimum absolute atomic E-state index is 0.669. The third-order valence-corrected chi connectivity index (χ3v) is 1.77. The Morgan fingerprint density at radius 1 is 1.00 bits per heavy atom. The Morgan fingerprint density at radius 2 is 1.53 bits per heavy atom. The van der Waals surface area contributed by atoms with Crippen LogP contribution in [0.25, 0.3) is 0 Å². The molecule has 1 aromatic rings. The Hall–Kier alpha value is -1.63. The first-order chi connectivity index (χ1) is 6.75. The Bertz CT molecular complexity index is 375. The molecule has 0 aliphatic heterocycles. The molecule has 0 saturated carbocycles. The molecule has 1 rings (SSSR count). The zero-order valence-electron chi connectivity index (χ0n) is 7.15. The fourth-order valence-electron chi connectivity index (χ4n) is 0.982. The molecule has 0 aromatic heterocycles. The van der Waals surface area contributed by atoms with Crippen LogP contribution in [-0.4, -0.2) is 26.6 Å². The van der Waals surface area contributed by atoms with Crippen molar-refractivity contribution >= 4 is 0 Å². The largest absolute Gasteiger partial charge is 0.504 e. The SMILES string of the molecule is Oc1ccc([C@@H](O)C(F)(F)F)c(O)c1O. The highest BCUT2D eigenvalue weighted by Crippen LogP contribution is 2.43. The maximum atomic E-state index is 12.0. The van der Waals surface area contributed by atoms with Gasteiger partial charge in [-0.2, -0.15) is 13.2 Å². The molecular weight excluding hydrogens is 217 g/mol. The fraction of sp³-hybridized carbons (Fsp3) is 0.250. The lowest BCUT2D eigenvalue weighted by Crippen LogP contribution is -2.20. The van der Waals surface area contributed by atoms with Crippen molar-refractivity contribution in [2.45, 2.75) is 12.3 Å². The number of alkyl halides is 3. The van der Waals surface area contributed by atoms with Crippen LogP contribution in [0, 0.1) is 0 Å². The van der Waals surface area contributed by atoms with Gasteiger partial charge in [-0.1, -0.05) is 0 Å². The van der Waals surface area contributed by atoms with Crippen LogP contribution >= 0.6 is 0 Å². The second-order valence-electron chi connectivity index (χ2n) is 2.82. The highest BCUT2D eigenvalue weighted by atomic mass is 19.4. The van der Waals surface area contributed by atoms with E-state index < -0.39 is 35.1 Å². The summed E-state index contributed by atoms with van der Waals surface area (Å²) in [6.07, 6.45) is -7.87. The van der Waals surface area contributed by atoms with Crippen LogP contribution in [0.5, 0.6) is 17.2 Å². The number of phenolic OH excluding ortho intramolecular Hbond substituents is 3. The summed E-state index contributed by atoms with van der Waals surface area (Å²) in [6.45, 7) is 0. The molecule has 0 aliphatic rings. The van der Waals surface area contributed by atoms with Crippen molar-refractivity contribution in [2.75, 3.05) is 0 Å². The maximum absolute atomic E-state index is 12.0. The van der Waals surface area contributed by atoms with Gasteiger partial charge in [0, 0.05) is 5.56 Å². The predicted molar refractivity (Wildman–Crippen MR) is 42.5 cm³/mol. The molecular formula is C8H7F3O4. The summed E-state index contributed by atoms with van der Waals surface area (Å²) in [4.78, 5) is 0. The van der Waals surface area contributed by atoms with E-state index in [4.69, 9.17) is 20.4 Å². The van der Waals surface area contributed by atoms with E-state index in [1.165, 1.54) is 0 Å². The van der Waals surface area contributed by atoms with E-state index in [1.54, 1.807) is 0 Å². The molecule has 4 N–H and O–H groups in total. The Balaban J connectivity index is 3.23. The van der Waals surface area contributed by atoms with Crippen LogP contribution < -0.4 is 0 Å². The zero-order chi connectivity index (χ0) is 11.8. The van der Waals surface area contributed by atoms with Crippen LogP contribution in [0.2, 0.25) is 0 Å². The lowest BCUT2D eigenvalue weighted by Gasteiger charge is -2.16. The van der Waals surface area contributed by atoms with Gasteiger partial charge in [0.25, 0.3) is 0 Å². The summed E-state index contributed by atoms with van der Waals surface area (Å²) >= 11 is 0. The van der Waals surface area contributed by atoms with E-state index >= 15 is 0 Å². The van der Waals surface area contributed by atoms with E-state index in [1.807, 2.05) is 0 Å². The quantitative estimate of drug-likeness (QED) is 0.543. The molecule has 0 amide bonds. The molecule has 1 aromatic carbocycles. The molecule has 7 heteroatoms. The van der Waals surface area contributed by atoms with Gasteiger partial charge >= 0.3 is 6.18 Å². The van der Waals surface area contributed by atoms with Gasteiger partial charge in [0.1, 0.15) is 0 Å². The first-order valence-corrected chi connectivity index (χ1v) is 3.73. The van der Waals surface area contributed by atoms with Crippen LogP contribution in [0.4, 0.5) is 13.2 Å². The second kappa shape index (κ2) is 3.50. The van der Waals surface area contributed by atoms with Crippen LogP contribution in [-0.2, 0) is 0 Å². The molecule has 0 fully saturated rings. The maximum Gasteiger partial charge on any atom is 0.418 e. The number of halogens is 3. The van der Waals surface area contributed by atoms with Gasteiger partial charge in [-0.25, -0.2) is 0 Å². The Morgan fingerprint density at radius 3 is 2.00 bits per heavy atom. The summed E-state index contributed by atoms with van der Waals surface area (Å²) in [7, 11) is 0. The molecule has 0 aliphatic carbocycles. The average Bonchev–Trinajstić information content (AvgIpc) is 2.12. The number of hydrogen-bond acceptors (Lipinski definition) is 4. The van der Waals surface area contributed by atoms with Crippen molar-refractivity contribution in [3.63, 3.8) is 0 Å². The number of hydrogen-bond donors (Lipinski definition) is 4. The molecule has 84 valence electrons. The van der Waals surface area contributed by atoms with Crippen LogP contribution in [0.1, 0.15) is 11.7 Å². The first-order valence-electron chi connectivity index (χ1n) is 3.73. The summed E-state index contributed by atoms with van der Waals surface area (Å²) in [5.74, 6) is -3.07. The van der Waals surface area contributed by atoms with Crippen molar-refractivity contribution in [1.82, 2.24) is 0 Å². The van der Waals surface area contributed by atoms with Gasteiger partial charge in [-0.05, 0) is 12.1 Å². The topological polar surface area (TPSA) is 80.9 Å². The number of aliphatic hydroxyl groups is 1. The number of benzene rings is 1. The number of aromatic hydroxyl groups is 3. The summed E-state index contributed by atoms with van der Waals surface area (Å²) in [5, 5.41) is 35.6. The van der Waals surface area contributed by atoms with E-state index in [9.17, 15) is 13.2 Å². The fourth-order valence-corrected chi connectivity index (χ4v) is 0.982. The van der Waals surface area contributed by atoms with E-state index in [2.05, 4.69) is 0 Å². The van der Waals surface area contributed by atoms with Gasteiger partial charge in [0.05, 0.1) is 0 Å². The van der Waals surface area contributed by atoms with E-state index in [-0.39, 0.29) is 0 Å². The molecule has 4 nitrogen and oxygen atoms in total. The van der Waals surface area contributed by atoms with Crippen molar-refractivity contribution in [3.05, 3.63) is 17.7 Å². The van der Waals surface area contributed by atoms with Crippen molar-refractivity contribution in [1.29, 1.82) is 0 Å². The van der Waals surface area contributed by atoms with Gasteiger partial charge in [-0.3, -0.25) is 0 Å². The lowest BCUT2D eigenvalue weighted by atomic mass is 10.1. The average molecular weight is 224 g/mol. The highest BCUT2D eigenvalue weighted by Gasteiger charge is 2.41. The summed E-state index contributed by atoms with van der Waals surface area (Å²) in [6, 6.07) is 1.40. The normalized spacial score (nSPS) is 13.9. The Kier molecular flexibility index (Phi) is 2.67.